The lowest BCUT2D eigenvalue weighted by Crippen LogP contribution is -2.15. The van der Waals surface area contributed by atoms with E-state index in [9.17, 15) is 9.50 Å². The first-order valence-electron chi connectivity index (χ1n) is 9.45. The van der Waals surface area contributed by atoms with Gasteiger partial charge in [-0.2, -0.15) is 20.1 Å². The number of nitrogens with zero attached hydrogens (tertiary/aromatic N) is 5. The normalized spacial score (nSPS) is 11.1. The van der Waals surface area contributed by atoms with Crippen LogP contribution in [-0.2, 0) is 0 Å². The number of aromatic hydroxyl groups is 1. The van der Waals surface area contributed by atoms with Crippen LogP contribution in [0.25, 0.3) is 10.8 Å². The van der Waals surface area contributed by atoms with Crippen LogP contribution in [0.2, 0.25) is 0 Å². The van der Waals surface area contributed by atoms with Crippen LogP contribution in [0.5, 0.6) is 5.75 Å². The minimum atomic E-state index is -0.330. The van der Waals surface area contributed by atoms with Crippen LogP contribution >= 0.6 is 0 Å². The number of hydrogen-bond donors (Lipinski definition) is 3. The molecule has 9 heteroatoms. The summed E-state index contributed by atoms with van der Waals surface area (Å²) in [6.07, 6.45) is 1.52. The van der Waals surface area contributed by atoms with Crippen LogP contribution in [0.4, 0.5) is 27.9 Å². The van der Waals surface area contributed by atoms with Gasteiger partial charge in [0.1, 0.15) is 11.6 Å². The molecule has 0 bridgehead atoms. The second kappa shape index (κ2) is 8.62. The molecule has 0 saturated carbocycles. The van der Waals surface area contributed by atoms with Gasteiger partial charge in [-0.25, -0.2) is 9.82 Å². The molecule has 0 atom stereocenters. The molecule has 3 aromatic carbocycles. The van der Waals surface area contributed by atoms with E-state index in [-0.39, 0.29) is 23.5 Å². The van der Waals surface area contributed by atoms with Gasteiger partial charge in [-0.1, -0.05) is 30.3 Å². The maximum absolute atomic E-state index is 13.1. The third kappa shape index (κ3) is 4.67. The Kier molecular flexibility index (Phi) is 5.57. The molecule has 0 spiro atoms. The standard InChI is InChI=1S/C22H20FN7O/c1-30(2)22-27-20(25-16-10-8-15(23)9-11-16)26-21(28-22)29-24-13-18-17-6-4-3-5-14(17)7-12-19(18)31/h3-13,31H,1-2H3,(H2,25,26,27,28,29)/b24-13-. The van der Waals surface area contributed by atoms with E-state index >= 15 is 0 Å². The fourth-order valence-corrected chi connectivity index (χ4v) is 2.91. The lowest BCUT2D eigenvalue weighted by atomic mass is 10.0. The van der Waals surface area contributed by atoms with E-state index in [0.717, 1.165) is 10.8 Å². The molecule has 8 nitrogen and oxygen atoms in total. The van der Waals surface area contributed by atoms with E-state index in [1.54, 1.807) is 37.2 Å². The zero-order valence-corrected chi connectivity index (χ0v) is 16.9. The Morgan fingerprint density at radius 2 is 1.68 bits per heavy atom. The molecule has 0 radical (unpaired) electrons. The summed E-state index contributed by atoms with van der Waals surface area (Å²) in [5.41, 5.74) is 4.00. The number of halogens is 1. The number of aromatic nitrogens is 3. The van der Waals surface area contributed by atoms with Gasteiger partial charge in [0, 0.05) is 25.3 Å². The zero-order chi connectivity index (χ0) is 21.8. The number of phenols is 1. The Bertz CT molecular complexity index is 1240. The van der Waals surface area contributed by atoms with E-state index < -0.39 is 0 Å². The molecule has 0 aliphatic rings. The molecule has 4 aromatic rings. The minimum absolute atomic E-state index is 0.118. The summed E-state index contributed by atoms with van der Waals surface area (Å²) >= 11 is 0. The second-order valence-electron chi connectivity index (χ2n) is 6.90. The number of anilines is 4. The average Bonchev–Trinajstić information content (AvgIpc) is 2.77. The van der Waals surface area contributed by atoms with Gasteiger partial charge in [-0.05, 0) is 41.1 Å². The topological polar surface area (TPSA) is 98.6 Å². The predicted octanol–water partition coefficient (Wildman–Crippen LogP) is 4.13. The first-order chi connectivity index (χ1) is 15.0. The summed E-state index contributed by atoms with van der Waals surface area (Å²) in [5.74, 6) is 0.678. The Balaban J connectivity index is 1.60. The molecule has 4 rings (SSSR count). The fourth-order valence-electron chi connectivity index (χ4n) is 2.91. The molecule has 0 fully saturated rings. The van der Waals surface area contributed by atoms with Crippen molar-refractivity contribution < 1.29 is 9.50 Å². The smallest absolute Gasteiger partial charge is 0.250 e. The Labute approximate surface area is 178 Å². The molecule has 0 unspecified atom stereocenters. The Morgan fingerprint density at radius 3 is 2.45 bits per heavy atom. The summed E-state index contributed by atoms with van der Waals surface area (Å²) in [5, 5.41) is 19.3. The van der Waals surface area contributed by atoms with Crippen molar-refractivity contribution in [3.63, 3.8) is 0 Å². The predicted molar refractivity (Wildman–Crippen MR) is 121 cm³/mol. The van der Waals surface area contributed by atoms with Gasteiger partial charge >= 0.3 is 0 Å². The highest BCUT2D eigenvalue weighted by Crippen LogP contribution is 2.25. The number of fused-ring (bicyclic) bond motifs is 1. The van der Waals surface area contributed by atoms with Gasteiger partial charge in [0.05, 0.1) is 6.21 Å². The molecule has 1 heterocycles. The number of rotatable bonds is 6. The van der Waals surface area contributed by atoms with Crippen molar-refractivity contribution in [2.24, 2.45) is 5.10 Å². The first kappa shape index (κ1) is 20.0. The van der Waals surface area contributed by atoms with Crippen LogP contribution < -0.4 is 15.6 Å². The summed E-state index contributed by atoms with van der Waals surface area (Å²) in [4.78, 5) is 14.7. The zero-order valence-electron chi connectivity index (χ0n) is 16.9. The number of benzene rings is 3. The highest BCUT2D eigenvalue weighted by molar-refractivity contribution is 6.02. The van der Waals surface area contributed by atoms with Crippen LogP contribution in [-0.4, -0.2) is 40.4 Å². The monoisotopic (exact) mass is 417 g/mol. The summed E-state index contributed by atoms with van der Waals surface area (Å²) in [6.45, 7) is 0. The molecule has 0 saturated heterocycles. The molecular weight excluding hydrogens is 397 g/mol. The summed E-state index contributed by atoms with van der Waals surface area (Å²) in [6, 6.07) is 17.0. The van der Waals surface area contributed by atoms with Crippen molar-refractivity contribution in [3.8, 4) is 5.75 Å². The van der Waals surface area contributed by atoms with Crippen LogP contribution in [0.1, 0.15) is 5.56 Å². The second-order valence-corrected chi connectivity index (χ2v) is 6.90. The van der Waals surface area contributed by atoms with Gasteiger partial charge < -0.3 is 15.3 Å². The summed E-state index contributed by atoms with van der Waals surface area (Å²) < 4.78 is 13.1. The number of phenolic OH excluding ortho intramolecular Hbond substituents is 1. The van der Waals surface area contributed by atoms with Crippen molar-refractivity contribution in [1.82, 2.24) is 15.0 Å². The van der Waals surface area contributed by atoms with Gasteiger partial charge in [0.15, 0.2) is 0 Å². The van der Waals surface area contributed by atoms with Gasteiger partial charge in [0.25, 0.3) is 0 Å². The van der Waals surface area contributed by atoms with Crippen LogP contribution in [0, 0.1) is 5.82 Å². The van der Waals surface area contributed by atoms with Gasteiger partial charge in [-0.15, -0.1) is 0 Å². The van der Waals surface area contributed by atoms with Gasteiger partial charge in [-0.3, -0.25) is 0 Å². The molecule has 156 valence electrons. The van der Waals surface area contributed by atoms with Crippen molar-refractivity contribution in [1.29, 1.82) is 0 Å². The SMILES string of the molecule is CN(C)c1nc(N/N=C\c2c(O)ccc3ccccc23)nc(Nc2ccc(F)cc2)n1. The molecule has 31 heavy (non-hydrogen) atoms. The molecule has 3 N–H and O–H groups in total. The molecule has 0 aliphatic heterocycles. The maximum atomic E-state index is 13.1. The van der Waals surface area contributed by atoms with Gasteiger partial charge in [0.2, 0.25) is 17.8 Å². The highest BCUT2D eigenvalue weighted by atomic mass is 19.1. The minimum Gasteiger partial charge on any atom is -0.507 e. The largest absolute Gasteiger partial charge is 0.507 e. The lowest BCUT2D eigenvalue weighted by molar-refractivity contribution is 0.475. The van der Waals surface area contributed by atoms with E-state index in [1.165, 1.54) is 18.3 Å². The van der Waals surface area contributed by atoms with E-state index in [2.05, 4.69) is 30.8 Å². The van der Waals surface area contributed by atoms with Crippen molar-refractivity contribution in [3.05, 3.63) is 72.0 Å². The van der Waals surface area contributed by atoms with E-state index in [1.807, 2.05) is 30.3 Å². The van der Waals surface area contributed by atoms with E-state index in [0.29, 0.717) is 17.2 Å². The molecule has 1 aromatic heterocycles. The lowest BCUT2D eigenvalue weighted by Gasteiger charge is -2.13. The quantitative estimate of drug-likeness (QED) is 0.321. The maximum Gasteiger partial charge on any atom is 0.250 e. The van der Waals surface area contributed by atoms with Crippen molar-refractivity contribution in [2.75, 3.05) is 29.7 Å². The van der Waals surface area contributed by atoms with Crippen molar-refractivity contribution in [2.45, 2.75) is 0 Å². The Hall–Kier alpha value is -4.27. The number of nitrogens with one attached hydrogen (secondary N) is 2. The highest BCUT2D eigenvalue weighted by Gasteiger charge is 2.09. The third-order valence-corrected chi connectivity index (χ3v) is 4.43. The number of hydrazone groups is 1. The average molecular weight is 417 g/mol. The van der Waals surface area contributed by atoms with Crippen molar-refractivity contribution >= 4 is 40.5 Å². The van der Waals surface area contributed by atoms with Crippen LogP contribution in [0.3, 0.4) is 0 Å². The fraction of sp³-hybridized carbons (Fsp3) is 0.0909. The Morgan fingerprint density at radius 1 is 0.935 bits per heavy atom. The number of hydrogen-bond acceptors (Lipinski definition) is 8. The third-order valence-electron chi connectivity index (χ3n) is 4.43. The van der Waals surface area contributed by atoms with Crippen LogP contribution in [0.15, 0.2) is 65.8 Å². The van der Waals surface area contributed by atoms with E-state index in [4.69, 9.17) is 0 Å². The molecular formula is C22H20FN7O. The molecule has 0 amide bonds. The first-order valence-corrected chi connectivity index (χ1v) is 9.45. The summed E-state index contributed by atoms with van der Waals surface area (Å²) in [7, 11) is 3.61. The molecule has 0 aliphatic carbocycles.